The fourth-order valence-electron chi connectivity index (χ4n) is 3.20. The van der Waals surface area contributed by atoms with E-state index >= 15 is 0 Å². The van der Waals surface area contributed by atoms with Crippen LogP contribution >= 0.6 is 7.26 Å². The molecule has 0 saturated heterocycles. The van der Waals surface area contributed by atoms with Crippen molar-refractivity contribution in [1.29, 1.82) is 0 Å². The molecule has 0 spiro atoms. The molecule has 0 aliphatic carbocycles. The molecule has 0 amide bonds. The normalized spacial score (nSPS) is 12.0. The minimum atomic E-state index is -0.633. The summed E-state index contributed by atoms with van der Waals surface area (Å²) in [6, 6.07) is 0. The Morgan fingerprint density at radius 2 is 1.00 bits per heavy atom. The smallest absolute Gasteiger partial charge is 0.0594 e. The first-order chi connectivity index (χ1) is 10.2. The molecule has 0 unspecified atom stereocenters. The highest BCUT2D eigenvalue weighted by atomic mass is 31.2. The molecule has 0 aromatic carbocycles. The number of methoxy groups -OCH3 is 1. The van der Waals surface area contributed by atoms with Crippen molar-refractivity contribution in [3.05, 3.63) is 0 Å². The lowest BCUT2D eigenvalue weighted by Crippen LogP contribution is -2.13. The molecule has 2 heteroatoms. The summed E-state index contributed by atoms with van der Waals surface area (Å²) >= 11 is 0. The summed E-state index contributed by atoms with van der Waals surface area (Å²) < 4.78 is 5.16. The summed E-state index contributed by atoms with van der Waals surface area (Å²) in [7, 11) is 1.18. The molecule has 0 aliphatic heterocycles. The third kappa shape index (κ3) is 11.6. The maximum Gasteiger partial charge on any atom is 0.0594 e. The van der Waals surface area contributed by atoms with Crippen LogP contribution in [-0.2, 0) is 4.74 Å². The minimum Gasteiger partial charge on any atom is -0.385 e. The summed E-state index contributed by atoms with van der Waals surface area (Å²) in [5.41, 5.74) is 0. The Balaban J connectivity index is 4.28. The Bertz CT molecular complexity index is 184. The van der Waals surface area contributed by atoms with Crippen LogP contribution in [0, 0.1) is 0 Å². The van der Waals surface area contributed by atoms with Crippen LogP contribution in [0.3, 0.4) is 0 Å². The first kappa shape index (κ1) is 21.4. The van der Waals surface area contributed by atoms with Crippen LogP contribution in [0.1, 0.15) is 85.0 Å². The Morgan fingerprint density at radius 1 is 0.571 bits per heavy atom. The average Bonchev–Trinajstić information content (AvgIpc) is 2.51. The van der Waals surface area contributed by atoms with E-state index in [1.807, 2.05) is 7.11 Å². The fraction of sp³-hybridized carbons (Fsp3) is 1.00. The second kappa shape index (κ2) is 15.3. The quantitative estimate of drug-likeness (QED) is 0.230. The third-order valence-electron chi connectivity index (χ3n) is 4.69. The average molecular weight is 318 g/mol. The minimum absolute atomic E-state index is 0.633. The van der Waals surface area contributed by atoms with E-state index in [0.717, 1.165) is 6.61 Å². The van der Waals surface area contributed by atoms with Crippen LogP contribution in [0.25, 0.3) is 0 Å². The van der Waals surface area contributed by atoms with Gasteiger partial charge in [-0.05, 0) is 38.5 Å². The van der Waals surface area contributed by atoms with Gasteiger partial charge < -0.3 is 4.74 Å². The zero-order valence-electron chi connectivity index (χ0n) is 15.5. The SMILES string of the molecule is CCCC[P+](CCCC)(CCCC)CCCCCCOC. The summed E-state index contributed by atoms with van der Waals surface area (Å²) in [6.07, 6.45) is 20.4. The summed E-state index contributed by atoms with van der Waals surface area (Å²) in [5, 5.41) is 0. The molecule has 128 valence electrons. The number of hydrogen-bond acceptors (Lipinski definition) is 1. The standard InChI is InChI=1S/C19H42OP/c1-5-8-16-21(17-9-6-2,18-10-7-3)19-14-12-11-13-15-20-4/h5-19H2,1-4H3/q+1. The molecule has 0 rings (SSSR count). The van der Waals surface area contributed by atoms with Gasteiger partial charge in [-0.2, -0.15) is 0 Å². The highest BCUT2D eigenvalue weighted by Crippen LogP contribution is 2.61. The van der Waals surface area contributed by atoms with E-state index in [0.29, 0.717) is 0 Å². The van der Waals surface area contributed by atoms with Gasteiger partial charge in [0.05, 0.1) is 24.6 Å². The van der Waals surface area contributed by atoms with Crippen molar-refractivity contribution in [2.45, 2.75) is 85.0 Å². The van der Waals surface area contributed by atoms with E-state index in [2.05, 4.69) is 20.8 Å². The number of hydrogen-bond donors (Lipinski definition) is 0. The fourth-order valence-corrected chi connectivity index (χ4v) is 8.40. The van der Waals surface area contributed by atoms with E-state index in [1.54, 1.807) is 24.6 Å². The topological polar surface area (TPSA) is 9.23 Å². The van der Waals surface area contributed by atoms with Gasteiger partial charge in [-0.25, -0.2) is 0 Å². The van der Waals surface area contributed by atoms with E-state index in [9.17, 15) is 0 Å². The van der Waals surface area contributed by atoms with Crippen molar-refractivity contribution in [1.82, 2.24) is 0 Å². The maximum atomic E-state index is 5.16. The second-order valence-corrected chi connectivity index (χ2v) is 11.2. The molecular formula is C19H42OP+. The van der Waals surface area contributed by atoms with Crippen molar-refractivity contribution >= 4 is 7.26 Å². The zero-order valence-corrected chi connectivity index (χ0v) is 16.4. The van der Waals surface area contributed by atoms with Gasteiger partial charge in [-0.1, -0.05) is 46.5 Å². The van der Waals surface area contributed by atoms with Crippen molar-refractivity contribution < 1.29 is 4.74 Å². The lowest BCUT2D eigenvalue weighted by Gasteiger charge is -2.28. The molecular weight excluding hydrogens is 275 g/mol. The van der Waals surface area contributed by atoms with Gasteiger partial charge in [0.1, 0.15) is 0 Å². The molecule has 0 fully saturated rings. The zero-order chi connectivity index (χ0) is 15.8. The maximum absolute atomic E-state index is 5.16. The van der Waals surface area contributed by atoms with Crippen LogP contribution in [0.5, 0.6) is 0 Å². The molecule has 0 atom stereocenters. The Labute approximate surface area is 136 Å². The monoisotopic (exact) mass is 317 g/mol. The molecule has 0 N–H and O–H groups in total. The lowest BCUT2D eigenvalue weighted by atomic mass is 10.2. The summed E-state index contributed by atoms with van der Waals surface area (Å²) in [4.78, 5) is 0. The van der Waals surface area contributed by atoms with E-state index in [1.165, 1.54) is 64.2 Å². The molecule has 0 heterocycles. The molecule has 0 aliphatic rings. The first-order valence-corrected chi connectivity index (χ1v) is 12.1. The van der Waals surface area contributed by atoms with Gasteiger partial charge in [-0.3, -0.25) is 0 Å². The van der Waals surface area contributed by atoms with Gasteiger partial charge in [0.15, 0.2) is 0 Å². The van der Waals surface area contributed by atoms with Crippen LogP contribution in [0.2, 0.25) is 0 Å². The molecule has 0 saturated carbocycles. The largest absolute Gasteiger partial charge is 0.385 e. The lowest BCUT2D eigenvalue weighted by molar-refractivity contribution is 0.192. The predicted molar refractivity (Wildman–Crippen MR) is 101 cm³/mol. The number of unbranched alkanes of at least 4 members (excludes halogenated alkanes) is 6. The highest BCUT2D eigenvalue weighted by molar-refractivity contribution is 7.75. The summed E-state index contributed by atoms with van der Waals surface area (Å²) in [5.74, 6) is 0. The van der Waals surface area contributed by atoms with Crippen LogP contribution < -0.4 is 0 Å². The molecule has 1 nitrogen and oxygen atoms in total. The van der Waals surface area contributed by atoms with Crippen LogP contribution in [-0.4, -0.2) is 38.4 Å². The van der Waals surface area contributed by atoms with Gasteiger partial charge in [0, 0.05) is 21.0 Å². The highest BCUT2D eigenvalue weighted by Gasteiger charge is 2.34. The van der Waals surface area contributed by atoms with E-state index in [-0.39, 0.29) is 0 Å². The van der Waals surface area contributed by atoms with Gasteiger partial charge >= 0.3 is 0 Å². The molecule has 21 heavy (non-hydrogen) atoms. The van der Waals surface area contributed by atoms with Crippen LogP contribution in [0.4, 0.5) is 0 Å². The molecule has 0 radical (unpaired) electrons. The number of ether oxygens (including phenoxy) is 1. The first-order valence-electron chi connectivity index (χ1n) is 9.58. The van der Waals surface area contributed by atoms with Gasteiger partial charge in [-0.15, -0.1) is 0 Å². The van der Waals surface area contributed by atoms with Crippen molar-refractivity contribution in [2.75, 3.05) is 38.4 Å². The Kier molecular flexibility index (Phi) is 15.6. The number of rotatable bonds is 16. The van der Waals surface area contributed by atoms with Crippen LogP contribution in [0.15, 0.2) is 0 Å². The van der Waals surface area contributed by atoms with Crippen molar-refractivity contribution in [3.8, 4) is 0 Å². The second-order valence-electron chi connectivity index (χ2n) is 6.70. The van der Waals surface area contributed by atoms with Gasteiger partial charge in [0.2, 0.25) is 0 Å². The molecule has 0 aromatic heterocycles. The predicted octanol–water partition coefficient (Wildman–Crippen LogP) is 6.61. The van der Waals surface area contributed by atoms with Crippen molar-refractivity contribution in [3.63, 3.8) is 0 Å². The Hall–Kier alpha value is 0.390. The van der Waals surface area contributed by atoms with Crippen molar-refractivity contribution in [2.24, 2.45) is 0 Å². The molecule has 0 bridgehead atoms. The third-order valence-corrected chi connectivity index (χ3v) is 9.75. The Morgan fingerprint density at radius 3 is 1.43 bits per heavy atom. The molecule has 0 aromatic rings. The van der Waals surface area contributed by atoms with E-state index < -0.39 is 7.26 Å². The summed E-state index contributed by atoms with van der Waals surface area (Å²) in [6.45, 7) is 8.03. The van der Waals surface area contributed by atoms with Gasteiger partial charge in [0.25, 0.3) is 0 Å². The van der Waals surface area contributed by atoms with E-state index in [4.69, 9.17) is 4.74 Å².